The maximum Gasteiger partial charge on any atom is 0.262 e. The summed E-state index contributed by atoms with van der Waals surface area (Å²) in [7, 11) is 4.88. The van der Waals surface area contributed by atoms with Crippen LogP contribution in [0.2, 0.25) is 0 Å². The molecule has 0 aliphatic heterocycles. The van der Waals surface area contributed by atoms with Crippen molar-refractivity contribution in [2.24, 2.45) is 7.05 Å². The maximum absolute atomic E-state index is 13.1. The second kappa shape index (κ2) is 4.96. The van der Waals surface area contributed by atoms with Crippen LogP contribution in [0.15, 0.2) is 36.5 Å². The van der Waals surface area contributed by atoms with Gasteiger partial charge in [-0.15, -0.1) is 0 Å². The number of benzene rings is 2. The molecule has 1 heterocycles. The van der Waals surface area contributed by atoms with Gasteiger partial charge in [-0.1, -0.05) is 6.07 Å². The van der Waals surface area contributed by atoms with E-state index in [0.717, 1.165) is 5.39 Å². The van der Waals surface area contributed by atoms with Crippen LogP contribution in [0.25, 0.3) is 21.9 Å². The molecule has 0 saturated heterocycles. The molecule has 1 aliphatic rings. The van der Waals surface area contributed by atoms with Crippen LogP contribution in [-0.4, -0.2) is 25.1 Å². The number of aryl methyl sites for hydroxylation is 1. The molecule has 1 aliphatic carbocycles. The van der Waals surface area contributed by atoms with Gasteiger partial charge in [0.05, 0.1) is 19.6 Å². The van der Waals surface area contributed by atoms with E-state index in [1.54, 1.807) is 35.9 Å². The van der Waals surface area contributed by atoms with Crippen LogP contribution in [0, 0.1) is 0 Å². The first-order valence-electron chi connectivity index (χ1n) is 7.52. The topological polar surface area (TPSA) is 59.6 Å². The van der Waals surface area contributed by atoms with Crippen LogP contribution in [-0.2, 0) is 7.05 Å². The summed E-state index contributed by atoms with van der Waals surface area (Å²) in [5.74, 6) is 0.830. The Bertz CT molecular complexity index is 1020. The molecule has 5 heteroatoms. The Kier molecular flexibility index (Phi) is 3.00. The molecule has 120 valence electrons. The highest BCUT2D eigenvalue weighted by Gasteiger charge is 2.36. The second-order valence-corrected chi connectivity index (χ2v) is 5.75. The number of hydrogen-bond donors (Lipinski definition) is 1. The molecule has 0 radical (unpaired) electrons. The van der Waals surface area contributed by atoms with Crippen LogP contribution >= 0.6 is 0 Å². The summed E-state index contributed by atoms with van der Waals surface area (Å²) in [6.45, 7) is 0. The fourth-order valence-electron chi connectivity index (χ4n) is 3.45. The number of ketones is 1. The molecular weight excluding hydrogens is 306 g/mol. The van der Waals surface area contributed by atoms with Crippen molar-refractivity contribution in [3.63, 3.8) is 0 Å². The Morgan fingerprint density at radius 2 is 1.79 bits per heavy atom. The number of pyridine rings is 1. The van der Waals surface area contributed by atoms with E-state index in [1.807, 2.05) is 19.3 Å². The Morgan fingerprint density at radius 1 is 1.04 bits per heavy atom. The summed E-state index contributed by atoms with van der Waals surface area (Å²) in [5.41, 5.74) is 2.22. The van der Waals surface area contributed by atoms with Crippen molar-refractivity contribution < 1.29 is 23.9 Å². The molecule has 24 heavy (non-hydrogen) atoms. The molecule has 0 saturated carbocycles. The predicted molar refractivity (Wildman–Crippen MR) is 88.8 cm³/mol. The van der Waals surface area contributed by atoms with Crippen LogP contribution in [0.3, 0.4) is 0 Å². The van der Waals surface area contributed by atoms with Gasteiger partial charge in [0.2, 0.25) is 0 Å². The van der Waals surface area contributed by atoms with Crippen molar-refractivity contribution >= 4 is 16.6 Å². The van der Waals surface area contributed by atoms with Crippen molar-refractivity contribution in [3.05, 3.63) is 47.8 Å². The van der Waals surface area contributed by atoms with E-state index in [2.05, 4.69) is 0 Å². The number of aromatic nitrogens is 1. The Morgan fingerprint density at radius 3 is 2.50 bits per heavy atom. The minimum atomic E-state index is -0.0888. The third-order valence-electron chi connectivity index (χ3n) is 4.54. The summed E-state index contributed by atoms with van der Waals surface area (Å²) >= 11 is 0. The Hall–Kier alpha value is -3.08. The van der Waals surface area contributed by atoms with Gasteiger partial charge < -0.3 is 14.6 Å². The van der Waals surface area contributed by atoms with E-state index >= 15 is 0 Å². The SMILES string of the molecule is COc1cc2cc[n+](C)c3c2c(c1O)-c1c(OC)cccc1C3=O. The zero-order valence-electron chi connectivity index (χ0n) is 13.6. The van der Waals surface area contributed by atoms with E-state index < -0.39 is 0 Å². The highest BCUT2D eigenvalue weighted by molar-refractivity contribution is 6.25. The fourth-order valence-corrected chi connectivity index (χ4v) is 3.45. The number of fused-ring (bicyclic) bond motifs is 2. The first-order chi connectivity index (χ1) is 11.6. The normalized spacial score (nSPS) is 12.2. The number of aromatic hydroxyl groups is 1. The van der Waals surface area contributed by atoms with Crippen LogP contribution in [0.4, 0.5) is 0 Å². The largest absolute Gasteiger partial charge is 0.504 e. The zero-order chi connectivity index (χ0) is 17.0. The van der Waals surface area contributed by atoms with Gasteiger partial charge in [-0.2, -0.15) is 4.57 Å². The molecule has 0 spiro atoms. The number of phenolic OH excluding ortho intramolecular Hbond substituents is 1. The summed E-state index contributed by atoms with van der Waals surface area (Å²) in [5, 5.41) is 12.3. The van der Waals surface area contributed by atoms with Crippen LogP contribution in [0.5, 0.6) is 17.2 Å². The standard InChI is InChI=1S/C19H15NO4/c1-20-8-7-10-9-13(24-3)19(22)16-14(10)17(20)18(21)11-5-4-6-12(23-2)15(11)16/h4-9H,1-3H3/p+1. The molecule has 0 amide bonds. The molecule has 1 N–H and O–H groups in total. The Balaban J connectivity index is 2.31. The highest BCUT2D eigenvalue weighted by atomic mass is 16.5. The minimum absolute atomic E-state index is 0.00991. The molecule has 0 bridgehead atoms. The summed E-state index contributed by atoms with van der Waals surface area (Å²) in [4.78, 5) is 13.1. The zero-order valence-corrected chi connectivity index (χ0v) is 13.6. The maximum atomic E-state index is 13.1. The van der Waals surface area contributed by atoms with Crippen LogP contribution in [0.1, 0.15) is 16.1 Å². The minimum Gasteiger partial charge on any atom is -0.504 e. The van der Waals surface area contributed by atoms with Crippen molar-refractivity contribution in [1.29, 1.82) is 0 Å². The highest BCUT2D eigenvalue weighted by Crippen LogP contribution is 2.50. The smallest absolute Gasteiger partial charge is 0.262 e. The van der Waals surface area contributed by atoms with Crippen LogP contribution < -0.4 is 14.0 Å². The first kappa shape index (κ1) is 14.5. The van der Waals surface area contributed by atoms with Crippen molar-refractivity contribution in [2.45, 2.75) is 0 Å². The lowest BCUT2D eigenvalue weighted by atomic mass is 9.84. The van der Waals surface area contributed by atoms with E-state index in [-0.39, 0.29) is 11.5 Å². The Labute approximate surface area is 138 Å². The van der Waals surface area contributed by atoms with Gasteiger partial charge in [0.25, 0.3) is 11.5 Å². The van der Waals surface area contributed by atoms with Crippen molar-refractivity contribution in [1.82, 2.24) is 0 Å². The third-order valence-corrected chi connectivity index (χ3v) is 4.54. The first-order valence-corrected chi connectivity index (χ1v) is 7.52. The average molecular weight is 322 g/mol. The molecule has 2 aromatic carbocycles. The molecule has 4 rings (SSSR count). The quantitative estimate of drug-likeness (QED) is 0.576. The van der Waals surface area contributed by atoms with Gasteiger partial charge in [-0.3, -0.25) is 4.79 Å². The molecule has 0 unspecified atom stereocenters. The van der Waals surface area contributed by atoms with Gasteiger partial charge in [-0.05, 0) is 23.6 Å². The number of ether oxygens (including phenoxy) is 2. The average Bonchev–Trinajstić information content (AvgIpc) is 2.60. The molecule has 5 nitrogen and oxygen atoms in total. The van der Waals surface area contributed by atoms with Gasteiger partial charge in [-0.25, -0.2) is 0 Å². The molecule has 1 aromatic heterocycles. The molecular formula is C19H16NO4+. The summed E-state index contributed by atoms with van der Waals surface area (Å²) in [6, 6.07) is 8.95. The molecule has 0 atom stereocenters. The number of nitrogens with zero attached hydrogens (tertiary/aromatic N) is 1. The fraction of sp³-hybridized carbons (Fsp3) is 0.158. The number of phenols is 1. The van der Waals surface area contributed by atoms with E-state index in [0.29, 0.717) is 39.3 Å². The van der Waals surface area contributed by atoms with E-state index in [4.69, 9.17) is 9.47 Å². The molecule has 3 aromatic rings. The third kappa shape index (κ3) is 1.69. The monoisotopic (exact) mass is 322 g/mol. The number of hydrogen-bond acceptors (Lipinski definition) is 4. The lowest BCUT2D eigenvalue weighted by Crippen LogP contribution is -2.37. The van der Waals surface area contributed by atoms with Gasteiger partial charge in [0, 0.05) is 22.8 Å². The summed E-state index contributed by atoms with van der Waals surface area (Å²) in [6.07, 6.45) is 1.83. The van der Waals surface area contributed by atoms with E-state index in [9.17, 15) is 9.90 Å². The second-order valence-electron chi connectivity index (χ2n) is 5.75. The number of rotatable bonds is 2. The number of methoxy groups -OCH3 is 2. The lowest BCUT2D eigenvalue weighted by molar-refractivity contribution is -0.671. The predicted octanol–water partition coefficient (Wildman–Crippen LogP) is 2.60. The van der Waals surface area contributed by atoms with Gasteiger partial charge in [0.1, 0.15) is 12.8 Å². The van der Waals surface area contributed by atoms with Crippen molar-refractivity contribution in [3.8, 4) is 28.4 Å². The molecule has 0 fully saturated rings. The lowest BCUT2D eigenvalue weighted by Gasteiger charge is -2.22. The van der Waals surface area contributed by atoms with Crippen molar-refractivity contribution in [2.75, 3.05) is 14.2 Å². The van der Waals surface area contributed by atoms with Gasteiger partial charge in [0.15, 0.2) is 17.7 Å². The van der Waals surface area contributed by atoms with Gasteiger partial charge >= 0.3 is 0 Å². The summed E-state index contributed by atoms with van der Waals surface area (Å²) < 4.78 is 12.6. The van der Waals surface area contributed by atoms with E-state index in [1.165, 1.54) is 7.11 Å². The number of carbonyl (C=O) groups excluding carboxylic acids is 1. The number of carbonyl (C=O) groups is 1.